The Morgan fingerprint density at radius 1 is 0.820 bits per heavy atom. The van der Waals surface area contributed by atoms with Crippen molar-refractivity contribution >= 4 is 19.8 Å². The number of aliphatic hydroxyl groups excluding tert-OH is 3. The van der Waals surface area contributed by atoms with E-state index in [0.717, 1.165) is 38.5 Å². The maximum Gasteiger partial charge on any atom is 0.469 e. The molecule has 0 amide bonds. The van der Waals surface area contributed by atoms with Gasteiger partial charge in [0, 0.05) is 25.2 Å². The number of esters is 2. The lowest BCUT2D eigenvalue weighted by atomic mass is 9.87. The summed E-state index contributed by atoms with van der Waals surface area (Å²) < 4.78 is 31.9. The van der Waals surface area contributed by atoms with Gasteiger partial charge in [-0.2, -0.15) is 0 Å². The average molecular weight is 735 g/mol. The number of unbranched alkanes of at least 4 members (excludes halogenated alkanes) is 13. The van der Waals surface area contributed by atoms with Crippen LogP contribution in [0.5, 0.6) is 0 Å². The molecule has 0 aromatic rings. The lowest BCUT2D eigenvalue weighted by molar-refractivity contribution is -0.199. The van der Waals surface area contributed by atoms with Crippen LogP contribution in [0.2, 0.25) is 0 Å². The van der Waals surface area contributed by atoms with Gasteiger partial charge in [0.2, 0.25) is 0 Å². The van der Waals surface area contributed by atoms with Crippen LogP contribution in [-0.4, -0.2) is 81.0 Å². The third-order valence-electron chi connectivity index (χ3n) is 8.77. The molecule has 0 radical (unpaired) electrons. The van der Waals surface area contributed by atoms with E-state index in [1.807, 2.05) is 12.2 Å². The molecular weight excluding hydrogens is 667 g/mol. The molecule has 0 bridgehead atoms. The number of ether oxygens (including phenoxy) is 3. The predicted molar refractivity (Wildman–Crippen MR) is 192 cm³/mol. The van der Waals surface area contributed by atoms with Gasteiger partial charge in [-0.3, -0.25) is 14.1 Å². The zero-order valence-corrected chi connectivity index (χ0v) is 31.5. The fourth-order valence-corrected chi connectivity index (χ4v) is 6.18. The number of rotatable bonds is 30. The molecule has 6 atom stereocenters. The third kappa shape index (κ3) is 25.3. The summed E-state index contributed by atoms with van der Waals surface area (Å²) in [6, 6.07) is 0. The van der Waals surface area contributed by atoms with Crippen molar-refractivity contribution in [2.24, 2.45) is 5.92 Å². The summed E-state index contributed by atoms with van der Waals surface area (Å²) in [5.74, 6) is -1.40. The Balaban J connectivity index is 2.41. The molecule has 12 nitrogen and oxygen atoms in total. The molecule has 50 heavy (non-hydrogen) atoms. The highest BCUT2D eigenvalue weighted by molar-refractivity contribution is 7.46. The number of aliphatic hydroxyl groups is 3. The van der Waals surface area contributed by atoms with Crippen LogP contribution in [0.4, 0.5) is 0 Å². The maximum atomic E-state index is 12.5. The normalized spacial score (nSPS) is 21.1. The van der Waals surface area contributed by atoms with Gasteiger partial charge in [-0.25, -0.2) is 4.57 Å². The van der Waals surface area contributed by atoms with Crippen LogP contribution in [0.15, 0.2) is 24.3 Å². The second-order valence-corrected chi connectivity index (χ2v) is 14.7. The zero-order valence-electron chi connectivity index (χ0n) is 30.6. The summed E-state index contributed by atoms with van der Waals surface area (Å²) in [4.78, 5) is 42.9. The Bertz CT molecular complexity index is 984. The van der Waals surface area contributed by atoms with Crippen LogP contribution in [0, 0.1) is 5.92 Å². The van der Waals surface area contributed by atoms with Crippen LogP contribution in [0.3, 0.4) is 0 Å². The van der Waals surface area contributed by atoms with Crippen molar-refractivity contribution < 1.29 is 58.0 Å². The minimum atomic E-state index is -4.82. The number of phosphoric acid groups is 1. The Morgan fingerprint density at radius 3 is 2.06 bits per heavy atom. The summed E-state index contributed by atoms with van der Waals surface area (Å²) in [6.45, 7) is 3.32. The van der Waals surface area contributed by atoms with Crippen molar-refractivity contribution in [1.29, 1.82) is 0 Å². The Kier molecular flexibility index (Phi) is 26.8. The first kappa shape index (κ1) is 46.4. The highest BCUT2D eigenvalue weighted by Crippen LogP contribution is 2.36. The van der Waals surface area contributed by atoms with Gasteiger partial charge in [0.15, 0.2) is 12.4 Å². The standard InChI is InChI=1S/C37H67O12P/c1-3-5-7-8-9-10-11-12-13-14-19-23-35(40)46-28-31(29-47-50(43,44)45)48-36(41)24-20-16-15-18-22-32-33(39)27-37(42)49-34(32)26-25-30(38)21-17-6-4-2/h15,18,25-26,30-34,37-39,42H,3-14,16-17,19-24,27-29H2,1-2H3,(H2,43,44,45)/b18-15-,26-25+/t30-,31+,32-,33-,34+,37?/m0/s1. The molecule has 1 aliphatic heterocycles. The van der Waals surface area contributed by atoms with Crippen LogP contribution in [-0.2, 0) is 32.9 Å². The van der Waals surface area contributed by atoms with E-state index in [2.05, 4.69) is 18.4 Å². The molecule has 1 unspecified atom stereocenters. The fourth-order valence-electron chi connectivity index (χ4n) is 5.82. The van der Waals surface area contributed by atoms with Gasteiger partial charge >= 0.3 is 19.8 Å². The van der Waals surface area contributed by atoms with Gasteiger partial charge < -0.3 is 39.3 Å². The molecule has 1 aliphatic rings. The minimum Gasteiger partial charge on any atom is -0.462 e. The summed E-state index contributed by atoms with van der Waals surface area (Å²) in [7, 11) is -4.82. The van der Waals surface area contributed by atoms with Crippen LogP contribution < -0.4 is 0 Å². The van der Waals surface area contributed by atoms with Gasteiger partial charge in [-0.1, -0.05) is 122 Å². The summed E-state index contributed by atoms with van der Waals surface area (Å²) in [6.07, 6.45) is 21.0. The van der Waals surface area contributed by atoms with E-state index in [4.69, 9.17) is 24.0 Å². The SMILES string of the molecule is CCCCCCCCCCCCCC(=O)OC[C@H](COP(=O)(O)O)OC(=O)CCC/C=C\C[C@H]1[C@@H](O)CC(O)O[C@@H]1/C=C/[C@@H](O)CCCCC. The summed E-state index contributed by atoms with van der Waals surface area (Å²) in [5, 5.41) is 30.8. The molecule has 1 rings (SSSR count). The van der Waals surface area contributed by atoms with Gasteiger partial charge in [-0.15, -0.1) is 0 Å². The number of allylic oxidation sites excluding steroid dienone is 2. The number of hydrogen-bond acceptors (Lipinski definition) is 10. The third-order valence-corrected chi connectivity index (χ3v) is 9.25. The quantitative estimate of drug-likeness (QED) is 0.0221. The Morgan fingerprint density at radius 2 is 1.42 bits per heavy atom. The zero-order chi connectivity index (χ0) is 37.0. The van der Waals surface area contributed by atoms with Crippen molar-refractivity contribution in [2.45, 2.75) is 179 Å². The molecule has 1 heterocycles. The van der Waals surface area contributed by atoms with Gasteiger partial charge in [0.1, 0.15) is 6.61 Å². The molecule has 0 spiro atoms. The van der Waals surface area contributed by atoms with Crippen LogP contribution in [0.1, 0.15) is 149 Å². The molecule has 13 heteroatoms. The molecule has 0 saturated carbocycles. The largest absolute Gasteiger partial charge is 0.469 e. The van der Waals surface area contributed by atoms with E-state index in [1.165, 1.54) is 44.9 Å². The number of hydrogen-bond donors (Lipinski definition) is 5. The molecule has 5 N–H and O–H groups in total. The van der Waals surface area contributed by atoms with E-state index in [0.29, 0.717) is 32.1 Å². The van der Waals surface area contributed by atoms with Crippen molar-refractivity contribution in [3.05, 3.63) is 24.3 Å². The van der Waals surface area contributed by atoms with E-state index in [1.54, 1.807) is 12.2 Å². The second kappa shape index (κ2) is 28.9. The average Bonchev–Trinajstić information content (AvgIpc) is 3.05. The molecule has 0 aromatic carbocycles. The maximum absolute atomic E-state index is 12.5. The van der Waals surface area contributed by atoms with Gasteiger partial charge in [0.25, 0.3) is 0 Å². The lowest BCUT2D eigenvalue weighted by Crippen LogP contribution is -2.43. The first-order valence-corrected chi connectivity index (χ1v) is 20.6. The van der Waals surface area contributed by atoms with Crippen molar-refractivity contribution in [3.63, 3.8) is 0 Å². The van der Waals surface area contributed by atoms with Crippen LogP contribution in [0.25, 0.3) is 0 Å². The van der Waals surface area contributed by atoms with E-state index < -0.39 is 57.1 Å². The smallest absolute Gasteiger partial charge is 0.462 e. The Labute approximate surface area is 300 Å². The topological polar surface area (TPSA) is 189 Å². The van der Waals surface area contributed by atoms with Crippen molar-refractivity contribution in [2.75, 3.05) is 13.2 Å². The van der Waals surface area contributed by atoms with Gasteiger partial charge in [0.05, 0.1) is 24.9 Å². The molecule has 292 valence electrons. The molecule has 0 aromatic heterocycles. The van der Waals surface area contributed by atoms with E-state index in [-0.39, 0.29) is 31.8 Å². The summed E-state index contributed by atoms with van der Waals surface area (Å²) >= 11 is 0. The molecular formula is C37H67O12P. The van der Waals surface area contributed by atoms with Crippen molar-refractivity contribution in [1.82, 2.24) is 0 Å². The highest BCUT2D eigenvalue weighted by Gasteiger charge is 2.35. The predicted octanol–water partition coefficient (Wildman–Crippen LogP) is 6.95. The second-order valence-electron chi connectivity index (χ2n) is 13.4. The number of phosphoric ester groups is 1. The highest BCUT2D eigenvalue weighted by atomic mass is 31.2. The first-order valence-electron chi connectivity index (χ1n) is 19.0. The fraction of sp³-hybridized carbons (Fsp3) is 0.838. The van der Waals surface area contributed by atoms with Gasteiger partial charge in [-0.05, 0) is 32.1 Å². The minimum absolute atomic E-state index is 0.0199. The number of carbonyl (C=O) groups excluding carboxylic acids is 2. The molecule has 1 fully saturated rings. The van der Waals surface area contributed by atoms with E-state index >= 15 is 0 Å². The molecule has 1 saturated heterocycles. The van der Waals surface area contributed by atoms with E-state index in [9.17, 15) is 29.5 Å². The first-order chi connectivity index (χ1) is 23.9. The van der Waals surface area contributed by atoms with Crippen molar-refractivity contribution in [3.8, 4) is 0 Å². The monoisotopic (exact) mass is 734 g/mol. The molecule has 0 aliphatic carbocycles. The summed E-state index contributed by atoms with van der Waals surface area (Å²) in [5.41, 5.74) is 0. The lowest BCUT2D eigenvalue weighted by Gasteiger charge is -2.36. The Hall–Kier alpha value is -1.63. The van der Waals surface area contributed by atoms with Crippen LogP contribution >= 0.6 is 7.82 Å². The number of carbonyl (C=O) groups is 2.